The lowest BCUT2D eigenvalue weighted by Crippen LogP contribution is -2.48. The topological polar surface area (TPSA) is 78.4 Å². The number of benzene rings is 2. The molecule has 5 rings (SSSR count). The molecule has 0 unspecified atom stereocenters. The highest BCUT2D eigenvalue weighted by Crippen LogP contribution is 2.56. The summed E-state index contributed by atoms with van der Waals surface area (Å²) in [6.07, 6.45) is 6.49. The predicted molar refractivity (Wildman–Crippen MR) is 149 cm³/mol. The van der Waals surface area contributed by atoms with Crippen LogP contribution >= 0.6 is 35.0 Å². The lowest BCUT2D eigenvalue weighted by atomic mass is 9.66. The summed E-state index contributed by atoms with van der Waals surface area (Å²) < 4.78 is 0. The van der Waals surface area contributed by atoms with Crippen molar-refractivity contribution >= 4 is 46.9 Å². The van der Waals surface area contributed by atoms with Crippen LogP contribution in [0.25, 0.3) is 0 Å². The molecule has 2 aromatic carbocycles. The van der Waals surface area contributed by atoms with Crippen molar-refractivity contribution in [3.8, 4) is 0 Å². The molecular weight excluding hydrogens is 527 g/mol. The molecule has 0 saturated carbocycles. The highest BCUT2D eigenvalue weighted by molar-refractivity contribution is 7.99. The number of amides is 1. The lowest BCUT2D eigenvalue weighted by Gasteiger charge is -2.45. The third-order valence-corrected chi connectivity index (χ3v) is 9.61. The first-order chi connectivity index (χ1) is 17.7. The molecule has 1 aromatic heterocycles. The molecule has 3 aromatic rings. The van der Waals surface area contributed by atoms with Crippen molar-refractivity contribution in [3.05, 3.63) is 76.0 Å². The Bertz CT molecular complexity index is 1290. The van der Waals surface area contributed by atoms with Gasteiger partial charge in [0.15, 0.2) is 0 Å². The first kappa shape index (κ1) is 26.1. The van der Waals surface area contributed by atoms with Crippen LogP contribution in [0, 0.1) is 5.41 Å². The van der Waals surface area contributed by atoms with Gasteiger partial charge in [-0.3, -0.25) is 0 Å². The van der Waals surface area contributed by atoms with Crippen LogP contribution in [-0.2, 0) is 6.42 Å². The number of rotatable bonds is 6. The number of halogens is 2. The molecule has 1 saturated heterocycles. The molecule has 0 bridgehead atoms. The van der Waals surface area contributed by atoms with Gasteiger partial charge in [-0.15, -0.1) is 0 Å². The Labute approximate surface area is 231 Å². The predicted octanol–water partition coefficient (Wildman–Crippen LogP) is 7.30. The van der Waals surface area contributed by atoms with Gasteiger partial charge in [-0.2, -0.15) is 0 Å². The molecule has 1 aliphatic carbocycles. The maximum atomic E-state index is 11.4. The van der Waals surface area contributed by atoms with E-state index in [4.69, 9.17) is 28.2 Å². The Hall–Kier alpha value is -2.48. The van der Waals surface area contributed by atoms with E-state index >= 15 is 0 Å². The first-order valence-corrected chi connectivity index (χ1v) is 14.0. The average Bonchev–Trinajstić information content (AvgIpc) is 3.14. The largest absolute Gasteiger partial charge is 0.465 e. The molecule has 1 atom stereocenters. The molecule has 6 nitrogen and oxygen atoms in total. The number of carbonyl (C=O) groups is 1. The van der Waals surface area contributed by atoms with Gasteiger partial charge in [-0.25, -0.2) is 14.8 Å². The zero-order valence-electron chi connectivity index (χ0n) is 20.9. The second kappa shape index (κ2) is 10.4. The highest BCUT2D eigenvalue weighted by Gasteiger charge is 2.49. The number of hydrogen-bond acceptors (Lipinski definition) is 5. The molecule has 0 radical (unpaired) electrons. The van der Waals surface area contributed by atoms with E-state index in [1.807, 2.05) is 32.2 Å². The van der Waals surface area contributed by atoms with E-state index in [-0.39, 0.29) is 5.41 Å². The summed E-state index contributed by atoms with van der Waals surface area (Å²) in [6.45, 7) is 5.74. The van der Waals surface area contributed by atoms with Gasteiger partial charge in [-0.1, -0.05) is 65.3 Å². The zero-order chi connectivity index (χ0) is 26.2. The van der Waals surface area contributed by atoms with Gasteiger partial charge in [0.05, 0.1) is 22.4 Å². The average molecular weight is 558 g/mol. The van der Waals surface area contributed by atoms with Gasteiger partial charge < -0.3 is 15.3 Å². The molecule has 194 valence electrons. The van der Waals surface area contributed by atoms with Gasteiger partial charge in [0.1, 0.15) is 10.8 Å². The Morgan fingerprint density at radius 1 is 1.14 bits per heavy atom. The minimum atomic E-state index is -0.974. The zero-order valence-corrected chi connectivity index (χ0v) is 23.2. The van der Waals surface area contributed by atoms with Crippen molar-refractivity contribution in [3.63, 3.8) is 0 Å². The summed E-state index contributed by atoms with van der Waals surface area (Å²) in [4.78, 5) is 23.9. The van der Waals surface area contributed by atoms with Crippen LogP contribution in [-0.4, -0.2) is 39.8 Å². The summed E-state index contributed by atoms with van der Waals surface area (Å²) in [7, 11) is 0. The summed E-state index contributed by atoms with van der Waals surface area (Å²) >= 11 is 13.9. The molecule has 1 spiro atoms. The van der Waals surface area contributed by atoms with E-state index < -0.39 is 11.6 Å². The van der Waals surface area contributed by atoms with Gasteiger partial charge in [0, 0.05) is 23.5 Å². The molecule has 1 aliphatic heterocycles. The van der Waals surface area contributed by atoms with E-state index in [9.17, 15) is 9.90 Å². The second-order valence-corrected chi connectivity index (χ2v) is 12.5. The molecule has 2 heterocycles. The van der Waals surface area contributed by atoms with Gasteiger partial charge in [0.25, 0.3) is 0 Å². The SMILES string of the molecule is CC(C)(C[C@@H]1c2ccccc2CC12CCN(c1cnc(Sc3cccc(Cl)c3Cl)cn1)CC2)NC(=O)O. The molecular formula is C28H30Cl2N4O2S. The van der Waals surface area contributed by atoms with Crippen molar-refractivity contribution in [1.29, 1.82) is 0 Å². The summed E-state index contributed by atoms with van der Waals surface area (Å²) in [5.41, 5.74) is 2.37. The number of fused-ring (bicyclic) bond motifs is 1. The van der Waals surface area contributed by atoms with E-state index in [0.717, 1.165) is 54.5 Å². The van der Waals surface area contributed by atoms with Crippen LogP contribution in [0.2, 0.25) is 10.0 Å². The van der Waals surface area contributed by atoms with Crippen molar-refractivity contribution in [2.45, 2.75) is 60.9 Å². The summed E-state index contributed by atoms with van der Waals surface area (Å²) in [6, 6.07) is 14.2. The fourth-order valence-electron chi connectivity index (χ4n) is 5.95. The maximum absolute atomic E-state index is 11.4. The molecule has 1 fully saturated rings. The second-order valence-electron chi connectivity index (χ2n) is 10.7. The van der Waals surface area contributed by atoms with Crippen LogP contribution < -0.4 is 10.2 Å². The van der Waals surface area contributed by atoms with Crippen LogP contribution in [0.4, 0.5) is 10.6 Å². The third kappa shape index (κ3) is 5.54. The Kier molecular flexibility index (Phi) is 7.31. The number of hydrogen-bond donors (Lipinski definition) is 2. The van der Waals surface area contributed by atoms with Crippen molar-refractivity contribution in [1.82, 2.24) is 15.3 Å². The van der Waals surface area contributed by atoms with Gasteiger partial charge >= 0.3 is 6.09 Å². The van der Waals surface area contributed by atoms with Crippen molar-refractivity contribution < 1.29 is 9.90 Å². The van der Waals surface area contributed by atoms with Crippen LogP contribution in [0.5, 0.6) is 0 Å². The molecule has 37 heavy (non-hydrogen) atoms. The quantitative estimate of drug-likeness (QED) is 0.331. The van der Waals surface area contributed by atoms with Gasteiger partial charge in [0.2, 0.25) is 0 Å². The van der Waals surface area contributed by atoms with Gasteiger partial charge in [-0.05, 0) is 74.1 Å². The smallest absolute Gasteiger partial charge is 0.405 e. The summed E-state index contributed by atoms with van der Waals surface area (Å²) in [5, 5.41) is 13.9. The van der Waals surface area contributed by atoms with Crippen molar-refractivity contribution in [2.75, 3.05) is 18.0 Å². The Balaban J connectivity index is 1.29. The van der Waals surface area contributed by atoms with Crippen LogP contribution in [0.1, 0.15) is 50.2 Å². The minimum Gasteiger partial charge on any atom is -0.465 e. The lowest BCUT2D eigenvalue weighted by molar-refractivity contribution is 0.143. The molecule has 2 N–H and O–H groups in total. The molecule has 2 aliphatic rings. The standard InChI is InChI=1S/C28H30Cl2N4O2S/c1-27(2,33-26(35)36)15-20-19-7-4-3-6-18(19)14-28(20)10-12-34(13-11-28)23-16-32-24(17-31-23)37-22-9-5-8-21(29)25(22)30/h3-9,16-17,20,33H,10-15H2,1-2H3,(H,35,36)/t20-/m1/s1. The first-order valence-electron chi connectivity index (χ1n) is 12.4. The number of carboxylic acid groups (broad SMARTS) is 1. The normalized spacial score (nSPS) is 18.6. The van der Waals surface area contributed by atoms with Crippen LogP contribution in [0.3, 0.4) is 0 Å². The number of nitrogens with zero attached hydrogens (tertiary/aromatic N) is 3. The summed E-state index contributed by atoms with van der Waals surface area (Å²) in [5.74, 6) is 1.18. The van der Waals surface area contributed by atoms with Crippen LogP contribution in [0.15, 0.2) is 64.8 Å². The fourth-order valence-corrected chi connectivity index (χ4v) is 7.21. The van der Waals surface area contributed by atoms with E-state index in [2.05, 4.69) is 39.5 Å². The van der Waals surface area contributed by atoms with E-state index in [1.54, 1.807) is 12.3 Å². The molecule has 9 heteroatoms. The monoisotopic (exact) mass is 556 g/mol. The number of anilines is 1. The number of nitrogens with one attached hydrogen (secondary N) is 1. The van der Waals surface area contributed by atoms with E-state index in [1.165, 1.54) is 22.9 Å². The minimum absolute atomic E-state index is 0.115. The Morgan fingerprint density at radius 3 is 2.59 bits per heavy atom. The number of aromatic nitrogens is 2. The third-order valence-electron chi connectivity index (χ3n) is 7.70. The number of piperidine rings is 1. The van der Waals surface area contributed by atoms with E-state index in [0.29, 0.717) is 16.0 Å². The van der Waals surface area contributed by atoms with Crippen molar-refractivity contribution in [2.24, 2.45) is 5.41 Å². The Morgan fingerprint density at radius 2 is 1.89 bits per heavy atom. The fraction of sp³-hybridized carbons (Fsp3) is 0.393. The molecule has 1 amide bonds. The highest BCUT2D eigenvalue weighted by atomic mass is 35.5. The maximum Gasteiger partial charge on any atom is 0.405 e.